The summed E-state index contributed by atoms with van der Waals surface area (Å²) in [6.45, 7) is 1.45. The van der Waals surface area contributed by atoms with E-state index in [4.69, 9.17) is 11.5 Å². The third kappa shape index (κ3) is 1.69. The number of anilines is 2. The van der Waals surface area contributed by atoms with Crippen molar-refractivity contribution in [2.75, 3.05) is 11.5 Å². The molecular formula is C8H9IN2O. The first-order valence-electron chi connectivity index (χ1n) is 3.38. The number of carbonyl (C=O) groups excluding carboxylic acids is 1. The Kier molecular flexibility index (Phi) is 2.56. The Morgan fingerprint density at radius 3 is 2.08 bits per heavy atom. The minimum atomic E-state index is -0.0959. The number of nitrogen functional groups attached to an aromatic ring is 2. The van der Waals surface area contributed by atoms with Gasteiger partial charge < -0.3 is 11.5 Å². The van der Waals surface area contributed by atoms with Crippen LogP contribution in [0, 0.1) is 3.57 Å². The maximum Gasteiger partial charge on any atom is 0.163 e. The molecule has 0 atom stereocenters. The van der Waals surface area contributed by atoms with Crippen molar-refractivity contribution in [1.82, 2.24) is 0 Å². The molecule has 0 saturated heterocycles. The predicted molar refractivity (Wildman–Crippen MR) is 58.0 cm³/mol. The molecule has 0 spiro atoms. The second kappa shape index (κ2) is 3.30. The van der Waals surface area contributed by atoms with Gasteiger partial charge in [-0.1, -0.05) is 0 Å². The van der Waals surface area contributed by atoms with E-state index < -0.39 is 0 Å². The van der Waals surface area contributed by atoms with E-state index in [1.165, 1.54) is 6.92 Å². The SMILES string of the molecule is CC(=O)c1c(N)cc(I)cc1N. The van der Waals surface area contributed by atoms with Crippen molar-refractivity contribution in [3.8, 4) is 0 Å². The van der Waals surface area contributed by atoms with Gasteiger partial charge in [-0.15, -0.1) is 0 Å². The highest BCUT2D eigenvalue weighted by Gasteiger charge is 2.09. The molecule has 0 aliphatic carbocycles. The Hall–Kier alpha value is -0.780. The van der Waals surface area contributed by atoms with Gasteiger partial charge in [0.25, 0.3) is 0 Å². The predicted octanol–water partition coefficient (Wildman–Crippen LogP) is 1.66. The molecule has 0 aromatic heterocycles. The van der Waals surface area contributed by atoms with Crippen LogP contribution >= 0.6 is 22.6 Å². The van der Waals surface area contributed by atoms with E-state index in [1.807, 2.05) is 0 Å². The standard InChI is InChI=1S/C8H9IN2O/c1-4(12)8-6(10)2-5(9)3-7(8)11/h2-3H,10-11H2,1H3. The average molecular weight is 276 g/mol. The van der Waals surface area contributed by atoms with Gasteiger partial charge in [0.2, 0.25) is 0 Å². The maximum atomic E-state index is 11.0. The van der Waals surface area contributed by atoms with Gasteiger partial charge in [-0.25, -0.2) is 0 Å². The Bertz CT molecular complexity index is 313. The molecule has 0 fully saturated rings. The lowest BCUT2D eigenvalue weighted by molar-refractivity contribution is 0.101. The van der Waals surface area contributed by atoms with E-state index in [0.717, 1.165) is 3.57 Å². The van der Waals surface area contributed by atoms with Crippen molar-refractivity contribution < 1.29 is 4.79 Å². The molecule has 0 heterocycles. The number of nitrogens with two attached hydrogens (primary N) is 2. The van der Waals surface area contributed by atoms with Crippen molar-refractivity contribution in [2.45, 2.75) is 6.92 Å². The number of halogens is 1. The van der Waals surface area contributed by atoms with Crippen LogP contribution in [0.3, 0.4) is 0 Å². The van der Waals surface area contributed by atoms with Crippen LogP contribution < -0.4 is 11.5 Å². The van der Waals surface area contributed by atoms with E-state index in [9.17, 15) is 4.79 Å². The fraction of sp³-hybridized carbons (Fsp3) is 0.125. The quantitative estimate of drug-likeness (QED) is 0.465. The Balaban J connectivity index is 3.38. The number of Topliss-reactive ketones (excluding diaryl/α,β-unsaturated/α-hetero) is 1. The van der Waals surface area contributed by atoms with E-state index in [-0.39, 0.29) is 5.78 Å². The van der Waals surface area contributed by atoms with Gasteiger partial charge in [-0.2, -0.15) is 0 Å². The van der Waals surface area contributed by atoms with Crippen LogP contribution in [0.5, 0.6) is 0 Å². The lowest BCUT2D eigenvalue weighted by Gasteiger charge is -2.05. The van der Waals surface area contributed by atoms with Crippen molar-refractivity contribution in [2.24, 2.45) is 0 Å². The highest BCUT2D eigenvalue weighted by atomic mass is 127. The van der Waals surface area contributed by atoms with Crippen LogP contribution in [0.1, 0.15) is 17.3 Å². The normalized spacial score (nSPS) is 9.83. The zero-order chi connectivity index (χ0) is 9.30. The second-order valence-corrected chi connectivity index (χ2v) is 3.76. The van der Waals surface area contributed by atoms with E-state index >= 15 is 0 Å². The summed E-state index contributed by atoms with van der Waals surface area (Å²) < 4.78 is 0.938. The van der Waals surface area contributed by atoms with Crippen LogP contribution in [0.2, 0.25) is 0 Å². The molecule has 4 heteroatoms. The summed E-state index contributed by atoms with van der Waals surface area (Å²) in [7, 11) is 0. The molecule has 0 aliphatic heterocycles. The first-order valence-corrected chi connectivity index (χ1v) is 4.45. The smallest absolute Gasteiger partial charge is 0.163 e. The number of benzene rings is 1. The van der Waals surface area contributed by atoms with Crippen LogP contribution in [0.15, 0.2) is 12.1 Å². The number of rotatable bonds is 1. The van der Waals surface area contributed by atoms with Crippen molar-refractivity contribution in [3.05, 3.63) is 21.3 Å². The highest BCUT2D eigenvalue weighted by molar-refractivity contribution is 14.1. The summed E-state index contributed by atoms with van der Waals surface area (Å²) in [5, 5.41) is 0. The summed E-state index contributed by atoms with van der Waals surface area (Å²) in [5.74, 6) is -0.0959. The summed E-state index contributed by atoms with van der Waals surface area (Å²) >= 11 is 2.10. The zero-order valence-corrected chi connectivity index (χ0v) is 8.75. The monoisotopic (exact) mass is 276 g/mol. The molecule has 0 aliphatic rings. The molecule has 0 saturated carbocycles. The molecule has 0 unspecified atom stereocenters. The average Bonchev–Trinajstić information content (AvgIpc) is 1.82. The van der Waals surface area contributed by atoms with Crippen molar-refractivity contribution in [3.63, 3.8) is 0 Å². The van der Waals surface area contributed by atoms with Gasteiger partial charge in [0.15, 0.2) is 5.78 Å². The minimum absolute atomic E-state index is 0.0959. The van der Waals surface area contributed by atoms with Crippen molar-refractivity contribution >= 4 is 39.7 Å². The molecule has 3 nitrogen and oxygen atoms in total. The first kappa shape index (κ1) is 9.31. The van der Waals surface area contributed by atoms with E-state index in [2.05, 4.69) is 22.6 Å². The maximum absolute atomic E-state index is 11.0. The number of ketones is 1. The molecule has 1 rings (SSSR count). The molecule has 64 valence electrons. The van der Waals surface area contributed by atoms with E-state index in [0.29, 0.717) is 16.9 Å². The van der Waals surface area contributed by atoms with Crippen LogP contribution in [-0.2, 0) is 0 Å². The van der Waals surface area contributed by atoms with Crippen LogP contribution in [0.25, 0.3) is 0 Å². The fourth-order valence-corrected chi connectivity index (χ4v) is 1.73. The van der Waals surface area contributed by atoms with Crippen LogP contribution in [-0.4, -0.2) is 5.78 Å². The largest absolute Gasteiger partial charge is 0.398 e. The summed E-state index contributed by atoms with van der Waals surface area (Å²) in [4.78, 5) is 11.0. The topological polar surface area (TPSA) is 69.1 Å². The summed E-state index contributed by atoms with van der Waals surface area (Å²) in [6, 6.07) is 3.46. The van der Waals surface area contributed by atoms with Gasteiger partial charge in [-0.05, 0) is 41.6 Å². The second-order valence-electron chi connectivity index (χ2n) is 2.52. The van der Waals surface area contributed by atoms with E-state index in [1.54, 1.807) is 12.1 Å². The third-order valence-corrected chi connectivity index (χ3v) is 2.14. The number of hydrogen-bond acceptors (Lipinski definition) is 3. The molecule has 4 N–H and O–H groups in total. The minimum Gasteiger partial charge on any atom is -0.398 e. The lowest BCUT2D eigenvalue weighted by Crippen LogP contribution is -2.05. The third-order valence-electron chi connectivity index (χ3n) is 1.52. The highest BCUT2D eigenvalue weighted by Crippen LogP contribution is 2.23. The molecule has 1 aromatic carbocycles. The summed E-state index contributed by atoms with van der Waals surface area (Å²) in [5.41, 5.74) is 12.6. The molecule has 1 aromatic rings. The first-order chi connectivity index (χ1) is 5.52. The molecule has 0 radical (unpaired) electrons. The lowest BCUT2D eigenvalue weighted by atomic mass is 10.1. The number of hydrogen-bond donors (Lipinski definition) is 2. The van der Waals surface area contributed by atoms with Crippen molar-refractivity contribution in [1.29, 1.82) is 0 Å². The fourth-order valence-electron chi connectivity index (χ4n) is 1.06. The van der Waals surface area contributed by atoms with Crippen LogP contribution in [0.4, 0.5) is 11.4 Å². The zero-order valence-electron chi connectivity index (χ0n) is 6.60. The van der Waals surface area contributed by atoms with Gasteiger partial charge in [0, 0.05) is 14.9 Å². The summed E-state index contributed by atoms with van der Waals surface area (Å²) in [6.07, 6.45) is 0. The molecule has 12 heavy (non-hydrogen) atoms. The Labute approximate surface area is 84.3 Å². The van der Waals surface area contributed by atoms with Gasteiger partial charge in [0.05, 0.1) is 5.56 Å². The molecular weight excluding hydrogens is 267 g/mol. The number of carbonyl (C=O) groups is 1. The van der Waals surface area contributed by atoms with Gasteiger partial charge >= 0.3 is 0 Å². The molecule has 0 bridgehead atoms. The van der Waals surface area contributed by atoms with Gasteiger partial charge in [0.1, 0.15) is 0 Å². The van der Waals surface area contributed by atoms with Gasteiger partial charge in [-0.3, -0.25) is 4.79 Å². The molecule has 0 amide bonds. The Morgan fingerprint density at radius 2 is 1.75 bits per heavy atom. The Morgan fingerprint density at radius 1 is 1.33 bits per heavy atom.